The molecule has 274 valence electrons. The molecule has 3 saturated carbocycles. The molecule has 4 aliphatic rings. The van der Waals surface area contributed by atoms with Gasteiger partial charge in [-0.1, -0.05) is 25.3 Å². The van der Waals surface area contributed by atoms with Gasteiger partial charge in [0.1, 0.15) is 22.0 Å². The zero-order valence-corrected chi connectivity index (χ0v) is 30.7. The predicted molar refractivity (Wildman–Crippen MR) is 186 cm³/mol. The lowest BCUT2D eigenvalue weighted by atomic mass is 9.83. The van der Waals surface area contributed by atoms with Crippen LogP contribution in [0.15, 0.2) is 12.7 Å². The minimum atomic E-state index is -1.24. The summed E-state index contributed by atoms with van der Waals surface area (Å²) in [5.41, 5.74) is -1.03. The molecule has 0 bridgehead atoms. The summed E-state index contributed by atoms with van der Waals surface area (Å²) in [5.74, 6) is -4.44. The van der Waals surface area contributed by atoms with Crippen molar-refractivity contribution in [2.45, 2.75) is 138 Å². The van der Waals surface area contributed by atoms with E-state index < -0.39 is 75.0 Å². The fourth-order valence-corrected chi connectivity index (χ4v) is 8.39. The number of amides is 5. The second kappa shape index (κ2) is 16.0. The number of halogens is 2. The molecule has 0 aromatic rings. The molecule has 4 N–H and O–H groups in total. The van der Waals surface area contributed by atoms with Gasteiger partial charge in [0.05, 0.1) is 12.5 Å². The first-order valence-electron chi connectivity index (χ1n) is 17.7. The van der Waals surface area contributed by atoms with Crippen molar-refractivity contribution in [2.24, 2.45) is 17.8 Å². The number of esters is 1. The molecule has 49 heavy (non-hydrogen) atoms. The van der Waals surface area contributed by atoms with E-state index in [1.54, 1.807) is 6.08 Å². The van der Waals surface area contributed by atoms with Gasteiger partial charge in [-0.2, -0.15) is 0 Å². The SMILES string of the molecule is C=CCCC(NC(=O)[C@@H]1[C@@H]2[C@H](CN1C(=O)[C@@H](NC(=O)NC(C)(C)C)C1CCCCC1)C2(Cl)Cl)C(=O)C(=O)NCCC(=O)OC1(C)CCCC1. The van der Waals surface area contributed by atoms with Crippen molar-refractivity contribution in [1.82, 2.24) is 26.2 Å². The molecule has 5 atom stereocenters. The van der Waals surface area contributed by atoms with Crippen molar-refractivity contribution in [2.75, 3.05) is 13.1 Å². The summed E-state index contributed by atoms with van der Waals surface area (Å²) < 4.78 is 4.35. The number of hydrogen-bond donors (Lipinski definition) is 4. The Labute approximate surface area is 299 Å². The topological polar surface area (TPSA) is 163 Å². The molecule has 12 nitrogen and oxygen atoms in total. The van der Waals surface area contributed by atoms with Crippen LogP contribution in [-0.4, -0.2) is 87.1 Å². The number of Topliss-reactive ketones (excluding diaryl/α,β-unsaturated/α-hetero) is 1. The number of ether oxygens (including phenoxy) is 1. The molecule has 14 heteroatoms. The first kappa shape index (κ1) is 38.9. The van der Waals surface area contributed by atoms with Crippen molar-refractivity contribution in [3.05, 3.63) is 12.7 Å². The summed E-state index contributed by atoms with van der Waals surface area (Å²) in [6.07, 6.45) is 9.84. The maximum absolute atomic E-state index is 14.3. The smallest absolute Gasteiger partial charge is 0.315 e. The number of alkyl halides is 2. The monoisotopic (exact) mass is 725 g/mol. The largest absolute Gasteiger partial charge is 0.459 e. The number of allylic oxidation sites excluding steroid dienone is 1. The first-order valence-corrected chi connectivity index (χ1v) is 18.4. The normalized spacial score (nSPS) is 25.3. The zero-order chi connectivity index (χ0) is 36.1. The van der Waals surface area contributed by atoms with Crippen LogP contribution in [0.5, 0.6) is 0 Å². The average molecular weight is 727 g/mol. The lowest BCUT2D eigenvalue weighted by Gasteiger charge is -2.37. The van der Waals surface area contributed by atoms with Gasteiger partial charge in [-0.05, 0) is 85.0 Å². The Morgan fingerprint density at radius 3 is 2.27 bits per heavy atom. The lowest BCUT2D eigenvalue weighted by molar-refractivity contribution is -0.157. The number of carbonyl (C=O) groups is 6. The predicted octanol–water partition coefficient (Wildman–Crippen LogP) is 4.07. The third-order valence-corrected chi connectivity index (χ3v) is 11.3. The number of nitrogens with zero attached hydrogens (tertiary/aromatic N) is 1. The Morgan fingerprint density at radius 1 is 1.00 bits per heavy atom. The minimum Gasteiger partial charge on any atom is -0.459 e. The molecule has 3 aliphatic carbocycles. The van der Waals surface area contributed by atoms with Crippen molar-refractivity contribution in [3.8, 4) is 0 Å². The molecule has 4 rings (SSSR count). The summed E-state index contributed by atoms with van der Waals surface area (Å²) in [6, 6.07) is -3.69. The molecule has 0 aromatic carbocycles. The number of nitrogens with one attached hydrogen (secondary N) is 4. The molecule has 0 radical (unpaired) electrons. The fourth-order valence-electron chi connectivity index (χ4n) is 7.56. The number of fused-ring (bicyclic) bond motifs is 1. The number of piperidine rings is 1. The second-order valence-electron chi connectivity index (χ2n) is 15.4. The van der Waals surface area contributed by atoms with Crippen LogP contribution in [0.3, 0.4) is 0 Å². The molecular weight excluding hydrogens is 673 g/mol. The van der Waals surface area contributed by atoms with E-state index in [-0.39, 0.29) is 37.8 Å². The summed E-state index contributed by atoms with van der Waals surface area (Å²) >= 11 is 13.1. The standard InChI is InChI=1S/C35H53Cl2N5O7/c1-6-7-15-23(28(44)30(46)38-19-16-24(43)49-34(5)17-11-12-18-34)39-29(45)27-25-22(35(25,36)37)20-42(27)31(47)26(21-13-9-8-10-14-21)40-32(48)41-33(2,3)4/h6,21-23,25-27H,1,7-20H2,2-5H3,(H,38,46)(H,39,45)(H2,40,41,48)/t22-,23?,25-,26-,27-/m0/s1. The summed E-state index contributed by atoms with van der Waals surface area (Å²) in [5, 5.41) is 10.9. The van der Waals surface area contributed by atoms with Crippen LogP contribution in [0.25, 0.3) is 0 Å². The highest BCUT2D eigenvalue weighted by Crippen LogP contribution is 2.65. The Hall–Kier alpha value is -2.86. The van der Waals surface area contributed by atoms with Gasteiger partial charge < -0.3 is 30.9 Å². The van der Waals surface area contributed by atoms with Gasteiger partial charge in [0, 0.05) is 30.5 Å². The van der Waals surface area contributed by atoms with E-state index in [1.165, 1.54) is 4.90 Å². The number of likely N-dealkylation sites (tertiary alicyclic amines) is 1. The molecule has 1 heterocycles. The Kier molecular flexibility index (Phi) is 12.7. The van der Waals surface area contributed by atoms with Crippen molar-refractivity contribution in [1.29, 1.82) is 0 Å². The van der Waals surface area contributed by atoms with Crippen LogP contribution in [0.2, 0.25) is 0 Å². The van der Waals surface area contributed by atoms with Crippen molar-refractivity contribution < 1.29 is 33.5 Å². The maximum atomic E-state index is 14.3. The summed E-state index contributed by atoms with van der Waals surface area (Å²) in [6.45, 7) is 11.1. The van der Waals surface area contributed by atoms with E-state index >= 15 is 0 Å². The fraction of sp³-hybridized carbons (Fsp3) is 0.771. The summed E-state index contributed by atoms with van der Waals surface area (Å²) in [4.78, 5) is 81.3. The van der Waals surface area contributed by atoms with Crippen LogP contribution < -0.4 is 21.3 Å². The summed E-state index contributed by atoms with van der Waals surface area (Å²) in [7, 11) is 0. The van der Waals surface area contributed by atoms with Gasteiger partial charge in [0.2, 0.25) is 17.6 Å². The van der Waals surface area contributed by atoms with Crippen LogP contribution in [-0.2, 0) is 28.7 Å². The lowest BCUT2D eigenvalue weighted by Crippen LogP contribution is -2.61. The Morgan fingerprint density at radius 2 is 1.65 bits per heavy atom. The van der Waals surface area contributed by atoms with E-state index in [0.29, 0.717) is 6.42 Å². The number of carbonyl (C=O) groups excluding carboxylic acids is 6. The minimum absolute atomic E-state index is 0.0861. The first-order chi connectivity index (χ1) is 23.0. The zero-order valence-electron chi connectivity index (χ0n) is 29.2. The van der Waals surface area contributed by atoms with Crippen LogP contribution >= 0.6 is 23.2 Å². The van der Waals surface area contributed by atoms with Crippen LogP contribution in [0.4, 0.5) is 4.79 Å². The molecule has 0 aromatic heterocycles. The van der Waals surface area contributed by atoms with Gasteiger partial charge in [-0.3, -0.25) is 24.0 Å². The highest BCUT2D eigenvalue weighted by molar-refractivity contribution is 6.51. The highest BCUT2D eigenvalue weighted by atomic mass is 35.5. The van der Waals surface area contributed by atoms with Crippen LogP contribution in [0, 0.1) is 17.8 Å². The Bertz CT molecular complexity index is 1290. The molecule has 4 fully saturated rings. The van der Waals surface area contributed by atoms with Gasteiger partial charge in [0.25, 0.3) is 5.91 Å². The third kappa shape index (κ3) is 9.90. The van der Waals surface area contributed by atoms with Crippen LogP contribution in [0.1, 0.15) is 105 Å². The molecule has 1 aliphatic heterocycles. The molecule has 1 unspecified atom stereocenters. The van der Waals surface area contributed by atoms with Crippen molar-refractivity contribution in [3.63, 3.8) is 0 Å². The van der Waals surface area contributed by atoms with Gasteiger partial charge in [0.15, 0.2) is 0 Å². The Balaban J connectivity index is 1.45. The second-order valence-corrected chi connectivity index (χ2v) is 16.8. The van der Waals surface area contributed by atoms with Gasteiger partial charge in [-0.25, -0.2) is 4.79 Å². The highest BCUT2D eigenvalue weighted by Gasteiger charge is 2.74. The quantitative estimate of drug-likeness (QED) is 0.0908. The average Bonchev–Trinajstić information content (AvgIpc) is 3.37. The van der Waals surface area contributed by atoms with E-state index in [0.717, 1.165) is 57.8 Å². The molecular formula is C35H53Cl2N5O7. The van der Waals surface area contributed by atoms with Crippen molar-refractivity contribution >= 4 is 58.7 Å². The number of hydrogen-bond acceptors (Lipinski definition) is 7. The van der Waals surface area contributed by atoms with E-state index in [1.807, 2.05) is 27.7 Å². The molecule has 1 saturated heterocycles. The molecule has 5 amide bonds. The van der Waals surface area contributed by atoms with E-state index in [2.05, 4.69) is 27.8 Å². The number of ketones is 1. The van der Waals surface area contributed by atoms with Gasteiger partial charge in [-0.15, -0.1) is 29.8 Å². The molecule has 0 spiro atoms. The number of urea groups is 1. The van der Waals surface area contributed by atoms with E-state index in [9.17, 15) is 28.8 Å². The van der Waals surface area contributed by atoms with Gasteiger partial charge >= 0.3 is 12.0 Å². The number of rotatable bonds is 14. The third-order valence-electron chi connectivity index (χ3n) is 10.2. The van der Waals surface area contributed by atoms with E-state index in [4.69, 9.17) is 27.9 Å². The maximum Gasteiger partial charge on any atom is 0.315 e.